The highest BCUT2D eigenvalue weighted by atomic mass is 32.2. The molecule has 0 bridgehead atoms. The van der Waals surface area contributed by atoms with Crippen molar-refractivity contribution in [3.63, 3.8) is 0 Å². The van der Waals surface area contributed by atoms with Crippen LogP contribution in [0, 0.1) is 17.2 Å². The first-order chi connectivity index (χ1) is 8.31. The summed E-state index contributed by atoms with van der Waals surface area (Å²) in [6.45, 7) is 1.88. The summed E-state index contributed by atoms with van der Waals surface area (Å²) in [5, 5.41) is 21.0. The molecule has 1 atom stereocenters. The van der Waals surface area contributed by atoms with Crippen molar-refractivity contribution in [2.24, 2.45) is 5.92 Å². The Morgan fingerprint density at radius 1 is 1.41 bits per heavy atom. The van der Waals surface area contributed by atoms with E-state index < -0.39 is 0 Å². The normalized spacial score (nSPS) is 12.0. The molecule has 2 aromatic rings. The molecule has 0 amide bonds. The molecule has 0 N–H and O–H groups in total. The fourth-order valence-corrected chi connectivity index (χ4v) is 2.07. The van der Waals surface area contributed by atoms with Gasteiger partial charge < -0.3 is 0 Å². The van der Waals surface area contributed by atoms with E-state index in [1.807, 2.05) is 37.3 Å². The molecular weight excluding hydrogens is 234 g/mol. The fourth-order valence-electron chi connectivity index (χ4n) is 1.24. The van der Waals surface area contributed by atoms with Crippen molar-refractivity contribution in [3.8, 4) is 11.8 Å². The van der Waals surface area contributed by atoms with Gasteiger partial charge in [0.2, 0.25) is 5.16 Å². The molecule has 0 aliphatic rings. The first-order valence-electron chi connectivity index (χ1n) is 5.17. The van der Waals surface area contributed by atoms with Gasteiger partial charge in [0.25, 0.3) is 0 Å². The average Bonchev–Trinajstić information content (AvgIpc) is 2.85. The lowest BCUT2D eigenvalue weighted by atomic mass is 10.3. The molecule has 1 heterocycles. The molecule has 0 saturated carbocycles. The predicted molar refractivity (Wildman–Crippen MR) is 64.7 cm³/mol. The number of rotatable bonds is 4. The van der Waals surface area contributed by atoms with Crippen LogP contribution in [-0.2, 0) is 0 Å². The van der Waals surface area contributed by atoms with Crippen LogP contribution in [0.5, 0.6) is 0 Å². The molecule has 0 fully saturated rings. The van der Waals surface area contributed by atoms with Gasteiger partial charge in [-0.3, -0.25) is 0 Å². The number of thioether (sulfide) groups is 1. The van der Waals surface area contributed by atoms with E-state index in [1.165, 1.54) is 11.8 Å². The zero-order chi connectivity index (χ0) is 12.1. The number of para-hydroxylation sites is 1. The predicted octanol–water partition coefficient (Wildman–Crippen LogP) is 1.91. The van der Waals surface area contributed by atoms with Gasteiger partial charge in [0.1, 0.15) is 0 Å². The SMILES string of the molecule is CC(C#N)CSc1nnnn1-c1ccccc1. The van der Waals surface area contributed by atoms with Crippen LogP contribution in [0.25, 0.3) is 5.69 Å². The van der Waals surface area contributed by atoms with E-state index in [0.29, 0.717) is 10.9 Å². The molecule has 0 radical (unpaired) electrons. The Morgan fingerprint density at radius 2 is 2.18 bits per heavy atom. The highest BCUT2D eigenvalue weighted by molar-refractivity contribution is 7.99. The van der Waals surface area contributed by atoms with Crippen molar-refractivity contribution in [1.82, 2.24) is 20.2 Å². The highest BCUT2D eigenvalue weighted by Crippen LogP contribution is 2.19. The molecule has 2 rings (SSSR count). The molecule has 86 valence electrons. The lowest BCUT2D eigenvalue weighted by Crippen LogP contribution is -2.01. The van der Waals surface area contributed by atoms with Crippen LogP contribution >= 0.6 is 11.8 Å². The maximum Gasteiger partial charge on any atom is 0.214 e. The van der Waals surface area contributed by atoms with E-state index in [4.69, 9.17) is 5.26 Å². The van der Waals surface area contributed by atoms with Gasteiger partial charge in [-0.1, -0.05) is 30.0 Å². The van der Waals surface area contributed by atoms with Gasteiger partial charge in [0.15, 0.2) is 0 Å². The number of hydrogen-bond acceptors (Lipinski definition) is 5. The third-order valence-electron chi connectivity index (χ3n) is 2.12. The molecule has 6 heteroatoms. The Morgan fingerprint density at radius 3 is 2.88 bits per heavy atom. The summed E-state index contributed by atoms with van der Waals surface area (Å²) in [6.07, 6.45) is 0. The second-order valence-corrected chi connectivity index (χ2v) is 4.54. The van der Waals surface area contributed by atoms with E-state index in [1.54, 1.807) is 4.68 Å². The van der Waals surface area contributed by atoms with Gasteiger partial charge in [0, 0.05) is 5.75 Å². The van der Waals surface area contributed by atoms with Crippen LogP contribution in [0.3, 0.4) is 0 Å². The quantitative estimate of drug-likeness (QED) is 0.770. The average molecular weight is 245 g/mol. The first-order valence-corrected chi connectivity index (χ1v) is 6.16. The van der Waals surface area contributed by atoms with Crippen molar-refractivity contribution in [1.29, 1.82) is 5.26 Å². The molecule has 0 spiro atoms. The Balaban J connectivity index is 2.16. The zero-order valence-electron chi connectivity index (χ0n) is 9.32. The standard InChI is InChI=1S/C11H11N5S/c1-9(7-12)8-17-11-13-14-15-16(11)10-5-3-2-4-6-10/h2-6,9H,8H2,1H3. The van der Waals surface area contributed by atoms with Crippen molar-refractivity contribution in [2.45, 2.75) is 12.1 Å². The topological polar surface area (TPSA) is 67.4 Å². The summed E-state index contributed by atoms with van der Waals surface area (Å²) in [4.78, 5) is 0. The van der Waals surface area contributed by atoms with E-state index in [-0.39, 0.29) is 5.92 Å². The summed E-state index contributed by atoms with van der Waals surface area (Å²) >= 11 is 1.49. The smallest absolute Gasteiger partial charge is 0.198 e. The summed E-state index contributed by atoms with van der Waals surface area (Å²) in [6, 6.07) is 11.9. The van der Waals surface area contributed by atoms with E-state index >= 15 is 0 Å². The number of hydrogen-bond donors (Lipinski definition) is 0. The minimum absolute atomic E-state index is 0.0130. The van der Waals surface area contributed by atoms with Crippen LogP contribution in [0.4, 0.5) is 0 Å². The van der Waals surface area contributed by atoms with Gasteiger partial charge >= 0.3 is 0 Å². The maximum atomic E-state index is 8.73. The first kappa shape index (κ1) is 11.6. The minimum Gasteiger partial charge on any atom is -0.198 e. The molecule has 5 nitrogen and oxygen atoms in total. The van der Waals surface area contributed by atoms with Crippen molar-refractivity contribution >= 4 is 11.8 Å². The van der Waals surface area contributed by atoms with Gasteiger partial charge in [-0.05, 0) is 29.5 Å². The van der Waals surface area contributed by atoms with E-state index in [9.17, 15) is 0 Å². The third kappa shape index (κ3) is 2.82. The Bertz CT molecular complexity index is 516. The van der Waals surface area contributed by atoms with Gasteiger partial charge in [0.05, 0.1) is 17.7 Å². The molecule has 0 aliphatic heterocycles. The second kappa shape index (κ2) is 5.46. The van der Waals surface area contributed by atoms with Crippen LogP contribution in [0.1, 0.15) is 6.92 Å². The molecule has 0 saturated heterocycles. The van der Waals surface area contributed by atoms with Crippen molar-refractivity contribution in [2.75, 3.05) is 5.75 Å². The summed E-state index contributed by atoms with van der Waals surface area (Å²) in [5.41, 5.74) is 0.921. The lowest BCUT2D eigenvalue weighted by Gasteiger charge is -2.04. The van der Waals surface area contributed by atoms with Crippen LogP contribution in [-0.4, -0.2) is 26.0 Å². The monoisotopic (exact) mass is 245 g/mol. The van der Waals surface area contributed by atoms with Crippen LogP contribution in [0.2, 0.25) is 0 Å². The Kier molecular flexibility index (Phi) is 3.73. The number of benzene rings is 1. The molecule has 1 unspecified atom stereocenters. The fraction of sp³-hybridized carbons (Fsp3) is 0.273. The van der Waals surface area contributed by atoms with E-state index in [0.717, 1.165) is 5.69 Å². The Hall–Kier alpha value is -1.87. The summed E-state index contributed by atoms with van der Waals surface area (Å²) in [7, 11) is 0. The lowest BCUT2D eigenvalue weighted by molar-refractivity contribution is 0.754. The van der Waals surface area contributed by atoms with Crippen LogP contribution < -0.4 is 0 Å². The number of aromatic nitrogens is 4. The third-order valence-corrected chi connectivity index (χ3v) is 3.30. The maximum absolute atomic E-state index is 8.73. The van der Waals surface area contributed by atoms with Gasteiger partial charge in [-0.15, -0.1) is 5.10 Å². The molecule has 1 aromatic heterocycles. The van der Waals surface area contributed by atoms with Crippen molar-refractivity contribution in [3.05, 3.63) is 30.3 Å². The van der Waals surface area contributed by atoms with Gasteiger partial charge in [-0.25, -0.2) is 0 Å². The largest absolute Gasteiger partial charge is 0.214 e. The van der Waals surface area contributed by atoms with E-state index in [2.05, 4.69) is 21.6 Å². The Labute approximate surface area is 103 Å². The molecule has 1 aromatic carbocycles. The highest BCUT2D eigenvalue weighted by Gasteiger charge is 2.10. The van der Waals surface area contributed by atoms with Crippen molar-refractivity contribution < 1.29 is 0 Å². The zero-order valence-corrected chi connectivity index (χ0v) is 10.1. The van der Waals surface area contributed by atoms with Gasteiger partial charge in [-0.2, -0.15) is 9.94 Å². The molecular formula is C11H11N5S. The number of nitriles is 1. The summed E-state index contributed by atoms with van der Waals surface area (Å²) in [5.74, 6) is 0.671. The second-order valence-electron chi connectivity index (χ2n) is 3.55. The molecule has 0 aliphatic carbocycles. The summed E-state index contributed by atoms with van der Waals surface area (Å²) < 4.78 is 1.68. The van der Waals surface area contributed by atoms with Crippen LogP contribution in [0.15, 0.2) is 35.5 Å². The number of tetrazole rings is 1. The molecule has 17 heavy (non-hydrogen) atoms. The minimum atomic E-state index is -0.0130. The number of nitrogens with zero attached hydrogens (tertiary/aromatic N) is 5.